The van der Waals surface area contributed by atoms with E-state index in [0.717, 1.165) is 29.7 Å². The van der Waals surface area contributed by atoms with Crippen molar-refractivity contribution in [2.24, 2.45) is 5.92 Å². The summed E-state index contributed by atoms with van der Waals surface area (Å²) in [5.41, 5.74) is 0. The quantitative estimate of drug-likeness (QED) is 0.748. The second-order valence-electron chi connectivity index (χ2n) is 4.67. The zero-order valence-corrected chi connectivity index (χ0v) is 13.1. The Balaban J connectivity index is 1.79. The number of rotatable bonds is 2. The van der Waals surface area contributed by atoms with Crippen molar-refractivity contribution in [3.05, 3.63) is 22.4 Å². The molecular weight excluding hydrogens is 330 g/mol. The van der Waals surface area contributed by atoms with Gasteiger partial charge in [0.05, 0.1) is 4.88 Å². The van der Waals surface area contributed by atoms with Crippen molar-refractivity contribution >= 4 is 53.9 Å². The first-order valence-electron chi connectivity index (χ1n) is 6.10. The molecule has 0 N–H and O–H groups in total. The summed E-state index contributed by atoms with van der Waals surface area (Å²) in [6.45, 7) is 1.81. The average Bonchev–Trinajstić information content (AvgIpc) is 2.98. The Morgan fingerprint density at radius 2 is 2.39 bits per heavy atom. The summed E-state index contributed by atoms with van der Waals surface area (Å²) in [4.78, 5) is 15.4. The number of amides is 1. The van der Waals surface area contributed by atoms with Crippen LogP contribution in [0.25, 0.3) is 9.40 Å². The molecule has 0 bridgehead atoms. The van der Waals surface area contributed by atoms with Gasteiger partial charge in [-0.05, 0) is 36.3 Å². The van der Waals surface area contributed by atoms with Crippen LogP contribution in [-0.4, -0.2) is 29.2 Å². The topological polar surface area (TPSA) is 20.3 Å². The van der Waals surface area contributed by atoms with Crippen molar-refractivity contribution < 1.29 is 4.79 Å². The predicted octanol–water partition coefficient (Wildman–Crippen LogP) is 4.21. The molecule has 0 spiro atoms. The highest BCUT2D eigenvalue weighted by molar-refractivity contribution is 9.09. The average molecular weight is 344 g/mol. The van der Waals surface area contributed by atoms with Crippen molar-refractivity contribution in [2.45, 2.75) is 12.8 Å². The monoisotopic (exact) mass is 343 g/mol. The fraction of sp³-hybridized carbons (Fsp3) is 0.462. The Bertz CT molecular complexity index is 534. The first-order valence-corrected chi connectivity index (χ1v) is 8.92. The Kier molecular flexibility index (Phi) is 3.73. The lowest BCUT2D eigenvalue weighted by atomic mass is 10.0. The number of halogens is 1. The largest absolute Gasteiger partial charge is 0.338 e. The van der Waals surface area contributed by atoms with Crippen LogP contribution in [0.3, 0.4) is 0 Å². The number of piperidine rings is 1. The molecule has 5 heteroatoms. The molecule has 1 unspecified atom stereocenters. The molecule has 18 heavy (non-hydrogen) atoms. The third-order valence-electron chi connectivity index (χ3n) is 3.37. The standard InChI is InChI=1S/C13H14BrNOS2/c14-7-9-2-1-4-15(8-9)13(16)12-6-11-10(18-12)3-5-17-11/h3,5-6,9H,1-2,4,7-8H2. The van der Waals surface area contributed by atoms with Gasteiger partial charge in [-0.25, -0.2) is 0 Å². The number of alkyl halides is 1. The third kappa shape index (κ3) is 2.36. The minimum atomic E-state index is 0.217. The van der Waals surface area contributed by atoms with Gasteiger partial charge in [-0.1, -0.05) is 15.9 Å². The van der Waals surface area contributed by atoms with Gasteiger partial charge < -0.3 is 4.90 Å². The van der Waals surface area contributed by atoms with E-state index in [1.807, 2.05) is 11.0 Å². The van der Waals surface area contributed by atoms with Crippen LogP contribution in [-0.2, 0) is 0 Å². The number of nitrogens with zero attached hydrogens (tertiary/aromatic N) is 1. The number of likely N-dealkylation sites (tertiary alicyclic amines) is 1. The second-order valence-corrected chi connectivity index (χ2v) is 7.35. The molecule has 1 saturated heterocycles. The molecule has 3 rings (SSSR count). The van der Waals surface area contributed by atoms with Crippen molar-refractivity contribution in [3.63, 3.8) is 0 Å². The molecule has 2 aromatic heterocycles. The van der Waals surface area contributed by atoms with Crippen LogP contribution in [0.1, 0.15) is 22.5 Å². The number of fused-ring (bicyclic) bond motifs is 1. The lowest BCUT2D eigenvalue weighted by molar-refractivity contribution is 0.0691. The van der Waals surface area contributed by atoms with Gasteiger partial charge >= 0.3 is 0 Å². The van der Waals surface area contributed by atoms with Gasteiger partial charge in [-0.3, -0.25) is 4.79 Å². The molecule has 96 valence electrons. The fourth-order valence-corrected chi connectivity index (χ4v) is 5.01. The fourth-order valence-electron chi connectivity index (χ4n) is 2.40. The zero-order valence-electron chi connectivity index (χ0n) is 9.89. The first kappa shape index (κ1) is 12.6. The number of thiophene rings is 2. The molecule has 2 aromatic rings. The highest BCUT2D eigenvalue weighted by Crippen LogP contribution is 2.31. The Hall–Kier alpha value is -0.390. The molecule has 1 aliphatic rings. The van der Waals surface area contributed by atoms with Crippen LogP contribution in [0.2, 0.25) is 0 Å². The van der Waals surface area contributed by atoms with Crippen molar-refractivity contribution in [1.82, 2.24) is 4.90 Å². The Morgan fingerprint density at radius 3 is 3.17 bits per heavy atom. The number of carbonyl (C=O) groups is 1. The van der Waals surface area contributed by atoms with Gasteiger partial charge in [0.25, 0.3) is 5.91 Å². The van der Waals surface area contributed by atoms with E-state index < -0.39 is 0 Å². The first-order chi connectivity index (χ1) is 8.78. The molecule has 1 amide bonds. The minimum Gasteiger partial charge on any atom is -0.338 e. The van der Waals surface area contributed by atoms with Gasteiger partial charge in [-0.15, -0.1) is 22.7 Å². The molecule has 0 saturated carbocycles. The van der Waals surface area contributed by atoms with E-state index in [0.29, 0.717) is 5.92 Å². The summed E-state index contributed by atoms with van der Waals surface area (Å²) in [5, 5.41) is 3.08. The number of hydrogen-bond acceptors (Lipinski definition) is 3. The smallest absolute Gasteiger partial charge is 0.264 e. The molecular formula is C13H14BrNOS2. The Morgan fingerprint density at radius 1 is 1.50 bits per heavy atom. The van der Waals surface area contributed by atoms with Gasteiger partial charge in [0.2, 0.25) is 0 Å². The maximum atomic E-state index is 12.5. The Labute approximate surface area is 123 Å². The minimum absolute atomic E-state index is 0.217. The van der Waals surface area contributed by atoms with E-state index in [9.17, 15) is 4.79 Å². The number of hydrogen-bond donors (Lipinski definition) is 0. The van der Waals surface area contributed by atoms with Gasteiger partial charge in [0.15, 0.2) is 0 Å². The lowest BCUT2D eigenvalue weighted by Gasteiger charge is -2.31. The van der Waals surface area contributed by atoms with Gasteiger partial charge in [0.1, 0.15) is 0 Å². The van der Waals surface area contributed by atoms with E-state index in [2.05, 4.69) is 27.4 Å². The SMILES string of the molecule is O=C(c1cc2sccc2s1)N1CCCC(CBr)C1. The molecule has 1 atom stereocenters. The summed E-state index contributed by atoms with van der Waals surface area (Å²) in [5.74, 6) is 0.831. The van der Waals surface area contributed by atoms with Crippen LogP contribution in [0.15, 0.2) is 17.5 Å². The summed E-state index contributed by atoms with van der Waals surface area (Å²) in [6, 6.07) is 4.14. The van der Waals surface area contributed by atoms with E-state index >= 15 is 0 Å². The normalized spacial score (nSPS) is 20.5. The zero-order chi connectivity index (χ0) is 12.5. The van der Waals surface area contributed by atoms with Crippen LogP contribution in [0, 0.1) is 5.92 Å². The van der Waals surface area contributed by atoms with E-state index in [4.69, 9.17) is 0 Å². The molecule has 0 aromatic carbocycles. The van der Waals surface area contributed by atoms with E-state index in [-0.39, 0.29) is 5.91 Å². The lowest BCUT2D eigenvalue weighted by Crippen LogP contribution is -2.40. The predicted molar refractivity (Wildman–Crippen MR) is 82.1 cm³/mol. The van der Waals surface area contributed by atoms with Crippen molar-refractivity contribution in [3.8, 4) is 0 Å². The second kappa shape index (κ2) is 5.31. The van der Waals surface area contributed by atoms with Crippen molar-refractivity contribution in [2.75, 3.05) is 18.4 Å². The van der Waals surface area contributed by atoms with E-state index in [1.165, 1.54) is 15.8 Å². The summed E-state index contributed by atoms with van der Waals surface area (Å²) in [7, 11) is 0. The molecule has 1 fully saturated rings. The molecule has 1 aliphatic heterocycles. The van der Waals surface area contributed by atoms with Crippen LogP contribution in [0.4, 0.5) is 0 Å². The summed E-state index contributed by atoms with van der Waals surface area (Å²) < 4.78 is 2.47. The highest BCUT2D eigenvalue weighted by Gasteiger charge is 2.25. The van der Waals surface area contributed by atoms with Crippen LogP contribution < -0.4 is 0 Å². The molecule has 0 aliphatic carbocycles. The molecule has 0 radical (unpaired) electrons. The molecule has 3 heterocycles. The third-order valence-corrected chi connectivity index (χ3v) is 6.37. The van der Waals surface area contributed by atoms with Crippen molar-refractivity contribution in [1.29, 1.82) is 0 Å². The summed E-state index contributed by atoms with van der Waals surface area (Å²) >= 11 is 6.86. The maximum Gasteiger partial charge on any atom is 0.264 e. The van der Waals surface area contributed by atoms with Crippen LogP contribution in [0.5, 0.6) is 0 Å². The number of carbonyl (C=O) groups excluding carboxylic acids is 1. The van der Waals surface area contributed by atoms with Gasteiger partial charge in [-0.2, -0.15) is 0 Å². The van der Waals surface area contributed by atoms with Crippen LogP contribution >= 0.6 is 38.6 Å². The van der Waals surface area contributed by atoms with E-state index in [1.54, 1.807) is 22.7 Å². The summed E-state index contributed by atoms with van der Waals surface area (Å²) in [6.07, 6.45) is 2.36. The van der Waals surface area contributed by atoms with Gasteiger partial charge in [0, 0.05) is 27.8 Å². The maximum absolute atomic E-state index is 12.5. The molecule has 2 nitrogen and oxygen atoms in total. The highest BCUT2D eigenvalue weighted by atomic mass is 79.9.